The third-order valence-electron chi connectivity index (χ3n) is 4.38. The summed E-state index contributed by atoms with van der Waals surface area (Å²) in [6.45, 7) is 8.22. The van der Waals surface area contributed by atoms with Gasteiger partial charge >= 0.3 is 0 Å². The highest BCUT2D eigenvalue weighted by Crippen LogP contribution is 2.27. The molecule has 2 amide bonds. The lowest BCUT2D eigenvalue weighted by Crippen LogP contribution is -2.49. The van der Waals surface area contributed by atoms with Gasteiger partial charge in [0.1, 0.15) is 5.78 Å². The number of rotatable bonds is 14. The molecule has 1 aliphatic carbocycles. The molecular weight excluding hydrogens is 336 g/mol. The van der Waals surface area contributed by atoms with Gasteiger partial charge < -0.3 is 20.1 Å². The average molecular weight is 370 g/mol. The zero-order chi connectivity index (χ0) is 19.4. The van der Waals surface area contributed by atoms with E-state index in [2.05, 4.69) is 10.6 Å². The van der Waals surface area contributed by atoms with E-state index in [0.29, 0.717) is 52.2 Å². The Morgan fingerprint density at radius 2 is 1.65 bits per heavy atom. The van der Waals surface area contributed by atoms with Crippen LogP contribution in [0.1, 0.15) is 52.9 Å². The van der Waals surface area contributed by atoms with Crippen LogP contribution in [0.25, 0.3) is 0 Å². The van der Waals surface area contributed by atoms with Gasteiger partial charge in [0.15, 0.2) is 0 Å². The fourth-order valence-electron chi connectivity index (χ4n) is 2.62. The summed E-state index contributed by atoms with van der Waals surface area (Å²) in [4.78, 5) is 35.2. The summed E-state index contributed by atoms with van der Waals surface area (Å²) in [6, 6.07) is 0.0668. The number of hydrogen-bond donors (Lipinski definition) is 2. The minimum atomic E-state index is -0.0722. The molecule has 7 nitrogen and oxygen atoms in total. The fraction of sp³-hybridized carbons (Fsp3) is 0.842. The van der Waals surface area contributed by atoms with Gasteiger partial charge in [0.05, 0.1) is 19.8 Å². The Hall–Kier alpha value is -1.47. The number of amides is 2. The molecule has 0 spiro atoms. The van der Waals surface area contributed by atoms with Gasteiger partial charge in [0.25, 0.3) is 0 Å². The predicted octanol–water partition coefficient (Wildman–Crippen LogP) is 1.45. The predicted molar refractivity (Wildman–Crippen MR) is 98.7 cm³/mol. The van der Waals surface area contributed by atoms with Crippen molar-refractivity contribution < 1.29 is 23.9 Å². The molecule has 26 heavy (non-hydrogen) atoms. The number of Topliss-reactive ketones (excluding diaryl/α,β-unsaturated/α-hetero) is 1. The molecule has 7 heteroatoms. The van der Waals surface area contributed by atoms with Crippen molar-refractivity contribution in [3.63, 3.8) is 0 Å². The first-order valence-corrected chi connectivity index (χ1v) is 9.69. The van der Waals surface area contributed by atoms with Crippen molar-refractivity contribution in [2.24, 2.45) is 11.8 Å². The summed E-state index contributed by atoms with van der Waals surface area (Å²) in [7, 11) is 0. The molecule has 0 bridgehead atoms. The molecule has 1 saturated carbocycles. The number of carbonyl (C=O) groups is 3. The monoisotopic (exact) mass is 370 g/mol. The van der Waals surface area contributed by atoms with Gasteiger partial charge in [-0.15, -0.1) is 0 Å². The van der Waals surface area contributed by atoms with Crippen molar-refractivity contribution in [1.29, 1.82) is 0 Å². The van der Waals surface area contributed by atoms with Crippen LogP contribution in [0.15, 0.2) is 0 Å². The lowest BCUT2D eigenvalue weighted by molar-refractivity contribution is -0.131. The van der Waals surface area contributed by atoms with E-state index in [4.69, 9.17) is 9.47 Å². The summed E-state index contributed by atoms with van der Waals surface area (Å²) in [5, 5.41) is 5.77. The number of carbonyl (C=O) groups excluding carboxylic acids is 3. The Balaban J connectivity index is 1.99. The highest BCUT2D eigenvalue weighted by atomic mass is 16.5. The molecule has 2 N–H and O–H groups in total. The van der Waals surface area contributed by atoms with Gasteiger partial charge in [0, 0.05) is 43.9 Å². The molecule has 1 aliphatic rings. The van der Waals surface area contributed by atoms with E-state index in [1.807, 2.05) is 20.8 Å². The van der Waals surface area contributed by atoms with E-state index in [-0.39, 0.29) is 41.9 Å². The molecule has 0 unspecified atom stereocenters. The first kappa shape index (κ1) is 22.6. The van der Waals surface area contributed by atoms with Crippen molar-refractivity contribution >= 4 is 17.6 Å². The molecule has 0 aromatic heterocycles. The SMILES string of the molecule is CCCOCCNC(=O)C1CC(NC(=O)CCOCCC(=O)C(C)C)C1. The largest absolute Gasteiger partial charge is 0.380 e. The van der Waals surface area contributed by atoms with Crippen LogP contribution in [0.4, 0.5) is 0 Å². The maximum absolute atomic E-state index is 11.9. The Morgan fingerprint density at radius 1 is 1.00 bits per heavy atom. The summed E-state index contributed by atoms with van der Waals surface area (Å²) < 4.78 is 10.6. The molecule has 150 valence electrons. The third kappa shape index (κ3) is 9.29. The second-order valence-electron chi connectivity index (χ2n) is 7.07. The van der Waals surface area contributed by atoms with Crippen LogP contribution in [0.2, 0.25) is 0 Å². The van der Waals surface area contributed by atoms with E-state index < -0.39 is 0 Å². The van der Waals surface area contributed by atoms with E-state index in [0.717, 1.165) is 6.42 Å². The van der Waals surface area contributed by atoms with Crippen molar-refractivity contribution in [2.45, 2.75) is 58.9 Å². The maximum Gasteiger partial charge on any atom is 0.223 e. The van der Waals surface area contributed by atoms with Crippen LogP contribution in [0, 0.1) is 11.8 Å². The zero-order valence-electron chi connectivity index (χ0n) is 16.3. The minimum absolute atomic E-state index is 0.0227. The smallest absolute Gasteiger partial charge is 0.223 e. The normalized spacial score (nSPS) is 19.1. The molecule has 0 aliphatic heterocycles. The van der Waals surface area contributed by atoms with Gasteiger partial charge in [-0.05, 0) is 19.3 Å². The van der Waals surface area contributed by atoms with Crippen molar-refractivity contribution in [3.05, 3.63) is 0 Å². The van der Waals surface area contributed by atoms with Crippen LogP contribution in [-0.2, 0) is 23.9 Å². The van der Waals surface area contributed by atoms with Crippen LogP contribution in [-0.4, -0.2) is 56.6 Å². The molecule has 1 rings (SSSR count). The van der Waals surface area contributed by atoms with Gasteiger partial charge in [-0.1, -0.05) is 20.8 Å². The molecular formula is C19H34N2O5. The Labute approximate surface area is 156 Å². The molecule has 0 aromatic carbocycles. The van der Waals surface area contributed by atoms with Crippen molar-refractivity contribution in [2.75, 3.05) is 33.0 Å². The summed E-state index contributed by atoms with van der Waals surface area (Å²) >= 11 is 0. The topological polar surface area (TPSA) is 93.7 Å². The Bertz CT molecular complexity index is 447. The molecule has 0 saturated heterocycles. The van der Waals surface area contributed by atoms with E-state index >= 15 is 0 Å². The summed E-state index contributed by atoms with van der Waals surface area (Å²) in [5.41, 5.74) is 0. The zero-order valence-corrected chi connectivity index (χ0v) is 16.3. The molecule has 0 heterocycles. The van der Waals surface area contributed by atoms with Gasteiger partial charge in [-0.2, -0.15) is 0 Å². The lowest BCUT2D eigenvalue weighted by atomic mass is 9.79. The number of ketones is 1. The van der Waals surface area contributed by atoms with Gasteiger partial charge in [0.2, 0.25) is 11.8 Å². The molecule has 0 radical (unpaired) electrons. The molecule has 0 atom stereocenters. The van der Waals surface area contributed by atoms with Gasteiger partial charge in [-0.3, -0.25) is 14.4 Å². The Kier molecular flexibility index (Phi) is 11.1. The van der Waals surface area contributed by atoms with Crippen LogP contribution in [0.5, 0.6) is 0 Å². The first-order valence-electron chi connectivity index (χ1n) is 9.69. The highest BCUT2D eigenvalue weighted by molar-refractivity contribution is 5.81. The van der Waals surface area contributed by atoms with Crippen LogP contribution >= 0.6 is 0 Å². The molecule has 0 aromatic rings. The van der Waals surface area contributed by atoms with E-state index in [9.17, 15) is 14.4 Å². The second kappa shape index (κ2) is 12.8. The first-order chi connectivity index (χ1) is 12.4. The highest BCUT2D eigenvalue weighted by Gasteiger charge is 2.34. The van der Waals surface area contributed by atoms with Crippen molar-refractivity contribution in [1.82, 2.24) is 10.6 Å². The van der Waals surface area contributed by atoms with E-state index in [1.54, 1.807) is 0 Å². The quantitative estimate of drug-likeness (QED) is 0.451. The number of ether oxygens (including phenoxy) is 2. The molecule has 1 fully saturated rings. The van der Waals surface area contributed by atoms with E-state index in [1.165, 1.54) is 0 Å². The standard InChI is InChI=1S/C19H34N2O5/c1-4-8-25-11-7-20-19(24)15-12-16(13-15)21-18(23)6-10-26-9-5-17(22)14(2)3/h14-16H,4-13H2,1-3H3,(H,20,24)(H,21,23). The third-order valence-corrected chi connectivity index (χ3v) is 4.38. The fourth-order valence-corrected chi connectivity index (χ4v) is 2.62. The van der Waals surface area contributed by atoms with Crippen LogP contribution < -0.4 is 10.6 Å². The second-order valence-corrected chi connectivity index (χ2v) is 7.07. The minimum Gasteiger partial charge on any atom is -0.380 e. The summed E-state index contributed by atoms with van der Waals surface area (Å²) in [5.74, 6) is 0.134. The van der Waals surface area contributed by atoms with Gasteiger partial charge in [-0.25, -0.2) is 0 Å². The maximum atomic E-state index is 11.9. The number of hydrogen-bond acceptors (Lipinski definition) is 5. The van der Waals surface area contributed by atoms with Crippen molar-refractivity contribution in [3.8, 4) is 0 Å². The Morgan fingerprint density at radius 3 is 2.31 bits per heavy atom. The lowest BCUT2D eigenvalue weighted by Gasteiger charge is -2.34. The number of nitrogens with one attached hydrogen (secondary N) is 2. The van der Waals surface area contributed by atoms with Crippen LogP contribution in [0.3, 0.4) is 0 Å². The average Bonchev–Trinajstić information content (AvgIpc) is 2.56. The summed E-state index contributed by atoms with van der Waals surface area (Å²) in [6.07, 6.45) is 2.99.